The van der Waals surface area contributed by atoms with Gasteiger partial charge < -0.3 is 14.6 Å². The molecular weight excluding hydrogens is 516 g/mol. The van der Waals surface area contributed by atoms with Crippen LogP contribution >= 0.6 is 0 Å². The molecule has 5 nitrogen and oxygen atoms in total. The first kappa shape index (κ1) is 31.2. The molecular formula is C34H60O5Si. The van der Waals surface area contributed by atoms with Crippen molar-refractivity contribution in [1.82, 2.24) is 0 Å². The third kappa shape index (κ3) is 5.68. The van der Waals surface area contributed by atoms with Gasteiger partial charge in [-0.1, -0.05) is 60.0 Å². The summed E-state index contributed by atoms with van der Waals surface area (Å²) in [6.07, 6.45) is 13.0. The van der Waals surface area contributed by atoms with Gasteiger partial charge in [-0.15, -0.1) is 0 Å². The summed E-state index contributed by atoms with van der Waals surface area (Å²) in [6.45, 7) is 20.0. The van der Waals surface area contributed by atoms with E-state index in [4.69, 9.17) is 14.2 Å². The highest BCUT2D eigenvalue weighted by Gasteiger charge is 2.60. The molecule has 2 N–H and O–H groups in total. The minimum absolute atomic E-state index is 0.0144. The van der Waals surface area contributed by atoms with Crippen molar-refractivity contribution >= 4 is 8.32 Å². The molecule has 5 aliphatic rings. The van der Waals surface area contributed by atoms with E-state index in [2.05, 4.69) is 54.6 Å². The topological polar surface area (TPSA) is 68.2 Å². The van der Waals surface area contributed by atoms with Crippen molar-refractivity contribution in [3.8, 4) is 0 Å². The molecule has 1 saturated heterocycles. The van der Waals surface area contributed by atoms with Crippen LogP contribution in [0.1, 0.15) is 125 Å². The average molecular weight is 577 g/mol. The van der Waals surface area contributed by atoms with Crippen LogP contribution in [0.25, 0.3) is 0 Å². The van der Waals surface area contributed by atoms with Crippen LogP contribution in [-0.4, -0.2) is 49.1 Å². The molecule has 0 radical (unpaired) electrons. The van der Waals surface area contributed by atoms with E-state index < -0.39 is 13.9 Å². The highest BCUT2D eigenvalue weighted by atomic mass is 28.4. The van der Waals surface area contributed by atoms with E-state index in [1.54, 1.807) is 5.57 Å². The standard InChI is InChI=1S/C34H60O5Si/c1-30(2,3)40(7,8)38-19-11-9-10-12-24-20-32(6)26(13-14-28(32)35)25-15-18-34(36)22-33(17-16-27(34)29(24)25)21-31(4,5)23-37-39-33/h24-26,28,35-36H,9-23H2,1-8H3/t24-,25-,26-,28-,32-,33?,34+/m0/s1. The Bertz CT molecular complexity index is 968. The number of fused-ring (bicyclic) bond motifs is 4. The molecule has 1 aliphatic heterocycles. The van der Waals surface area contributed by atoms with Gasteiger partial charge in [0.1, 0.15) is 5.60 Å². The molecule has 230 valence electrons. The molecule has 1 unspecified atom stereocenters. The van der Waals surface area contributed by atoms with Crippen molar-refractivity contribution in [2.24, 2.45) is 28.6 Å². The number of aliphatic hydroxyl groups is 2. The van der Waals surface area contributed by atoms with Crippen molar-refractivity contribution in [3.63, 3.8) is 0 Å². The summed E-state index contributed by atoms with van der Waals surface area (Å²) < 4.78 is 6.45. The first-order valence-corrected chi connectivity index (χ1v) is 19.5. The lowest BCUT2D eigenvalue weighted by atomic mass is 9.50. The first-order chi connectivity index (χ1) is 18.5. The number of hydrogen-bond donors (Lipinski definition) is 2. The Kier molecular flexibility index (Phi) is 8.37. The van der Waals surface area contributed by atoms with Crippen molar-refractivity contribution in [3.05, 3.63) is 11.1 Å². The zero-order valence-electron chi connectivity index (χ0n) is 27.0. The van der Waals surface area contributed by atoms with Gasteiger partial charge in [-0.3, -0.25) is 0 Å². The summed E-state index contributed by atoms with van der Waals surface area (Å²) in [7, 11) is -1.69. The van der Waals surface area contributed by atoms with Crippen LogP contribution in [0.5, 0.6) is 0 Å². The number of unbranched alkanes of at least 4 members (excludes halogenated alkanes) is 2. The Balaban J connectivity index is 1.32. The molecule has 40 heavy (non-hydrogen) atoms. The van der Waals surface area contributed by atoms with Gasteiger partial charge in [0.2, 0.25) is 0 Å². The summed E-state index contributed by atoms with van der Waals surface area (Å²) in [5.41, 5.74) is 1.89. The van der Waals surface area contributed by atoms with Gasteiger partial charge in [0, 0.05) is 13.0 Å². The fourth-order valence-electron chi connectivity index (χ4n) is 9.50. The molecule has 0 amide bonds. The monoisotopic (exact) mass is 576 g/mol. The molecule has 0 aromatic heterocycles. The molecule has 4 aliphatic carbocycles. The third-order valence-corrected chi connectivity index (χ3v) is 17.1. The Morgan fingerprint density at radius 2 is 1.75 bits per heavy atom. The van der Waals surface area contributed by atoms with Crippen LogP contribution in [0.15, 0.2) is 11.1 Å². The maximum absolute atomic E-state index is 12.3. The maximum atomic E-state index is 12.3. The second-order valence-corrected chi connectivity index (χ2v) is 22.0. The number of aliphatic hydroxyl groups excluding tert-OH is 1. The van der Waals surface area contributed by atoms with E-state index in [0.29, 0.717) is 30.8 Å². The molecule has 0 bridgehead atoms. The Labute approximate surface area is 245 Å². The summed E-state index contributed by atoms with van der Waals surface area (Å²) in [6, 6.07) is 0. The lowest BCUT2D eigenvalue weighted by Crippen LogP contribution is -2.56. The fraction of sp³-hybridized carbons (Fsp3) is 0.941. The molecule has 3 saturated carbocycles. The van der Waals surface area contributed by atoms with Gasteiger partial charge in [-0.25, -0.2) is 9.78 Å². The molecule has 7 atom stereocenters. The lowest BCUT2D eigenvalue weighted by molar-refractivity contribution is -0.414. The maximum Gasteiger partial charge on any atom is 0.191 e. The minimum Gasteiger partial charge on any atom is -0.417 e. The zero-order valence-corrected chi connectivity index (χ0v) is 28.0. The van der Waals surface area contributed by atoms with Crippen LogP contribution in [0, 0.1) is 28.6 Å². The van der Waals surface area contributed by atoms with Gasteiger partial charge in [-0.05, 0) is 116 Å². The zero-order chi connectivity index (χ0) is 29.2. The summed E-state index contributed by atoms with van der Waals surface area (Å²) in [5, 5.41) is 23.7. The second-order valence-electron chi connectivity index (χ2n) is 17.2. The summed E-state index contributed by atoms with van der Waals surface area (Å²) in [4.78, 5) is 11.7. The van der Waals surface area contributed by atoms with Crippen LogP contribution in [-0.2, 0) is 14.2 Å². The SMILES string of the molecule is CC1(C)COOC2(CCC3=C4[C@@H](CCCCCO[Si](C)(C)C(C)(C)C)C[C@]5(C)[C@@H](O)CC[C@H]5[C@@H]4CC[C@@]3(O)C2)C1. The second kappa shape index (κ2) is 10.7. The van der Waals surface area contributed by atoms with E-state index >= 15 is 0 Å². The largest absolute Gasteiger partial charge is 0.417 e. The van der Waals surface area contributed by atoms with E-state index in [9.17, 15) is 10.2 Å². The van der Waals surface area contributed by atoms with Gasteiger partial charge in [0.25, 0.3) is 0 Å². The first-order valence-electron chi connectivity index (χ1n) is 16.6. The van der Waals surface area contributed by atoms with Crippen LogP contribution in [0.3, 0.4) is 0 Å². The van der Waals surface area contributed by atoms with Gasteiger partial charge in [0.05, 0.1) is 18.3 Å². The van der Waals surface area contributed by atoms with Crippen LogP contribution in [0.2, 0.25) is 18.1 Å². The van der Waals surface area contributed by atoms with Crippen molar-refractivity contribution in [1.29, 1.82) is 0 Å². The van der Waals surface area contributed by atoms with Gasteiger partial charge >= 0.3 is 0 Å². The van der Waals surface area contributed by atoms with E-state index in [1.807, 2.05) is 0 Å². The molecule has 0 aromatic carbocycles. The molecule has 6 heteroatoms. The van der Waals surface area contributed by atoms with Gasteiger partial charge in [0.15, 0.2) is 8.32 Å². The quantitative estimate of drug-likeness (QED) is 0.139. The molecule has 1 spiro atoms. The van der Waals surface area contributed by atoms with Crippen LogP contribution < -0.4 is 0 Å². The number of rotatable bonds is 7. The van der Waals surface area contributed by atoms with E-state index in [-0.39, 0.29) is 27.6 Å². The van der Waals surface area contributed by atoms with Crippen molar-refractivity contribution in [2.75, 3.05) is 13.2 Å². The number of allylic oxidation sites excluding steroid dienone is 1. The average Bonchev–Trinajstić information content (AvgIpc) is 3.12. The molecule has 0 aromatic rings. The van der Waals surface area contributed by atoms with Crippen molar-refractivity contribution < 1.29 is 24.4 Å². The lowest BCUT2D eigenvalue weighted by Gasteiger charge is -2.57. The summed E-state index contributed by atoms with van der Waals surface area (Å²) >= 11 is 0. The minimum atomic E-state index is -1.69. The normalized spacial score (nSPS) is 41.5. The number of hydrogen-bond acceptors (Lipinski definition) is 5. The van der Waals surface area contributed by atoms with Crippen LogP contribution in [0.4, 0.5) is 0 Å². The van der Waals surface area contributed by atoms with E-state index in [1.165, 1.54) is 24.8 Å². The predicted molar refractivity (Wildman–Crippen MR) is 163 cm³/mol. The fourth-order valence-corrected chi connectivity index (χ4v) is 10.6. The Morgan fingerprint density at radius 3 is 2.45 bits per heavy atom. The molecule has 5 rings (SSSR count). The van der Waals surface area contributed by atoms with Gasteiger partial charge in [-0.2, -0.15) is 0 Å². The smallest absolute Gasteiger partial charge is 0.191 e. The highest BCUT2D eigenvalue weighted by molar-refractivity contribution is 6.74. The van der Waals surface area contributed by atoms with Crippen molar-refractivity contribution in [2.45, 2.75) is 160 Å². The molecule has 4 fully saturated rings. The highest BCUT2D eigenvalue weighted by Crippen LogP contribution is 2.64. The van der Waals surface area contributed by atoms with E-state index in [0.717, 1.165) is 64.4 Å². The predicted octanol–water partition coefficient (Wildman–Crippen LogP) is 8.10. The Hall–Kier alpha value is -0.243. The Morgan fingerprint density at radius 1 is 1.00 bits per heavy atom. The third-order valence-electron chi connectivity index (χ3n) is 12.5. The molecule has 1 heterocycles. The summed E-state index contributed by atoms with van der Waals surface area (Å²) in [5.74, 6) is 1.54.